The van der Waals surface area contributed by atoms with Crippen molar-refractivity contribution in [2.24, 2.45) is 7.05 Å². The third-order valence-electron chi connectivity index (χ3n) is 2.97. The summed E-state index contributed by atoms with van der Waals surface area (Å²) in [5, 5.41) is 0. The van der Waals surface area contributed by atoms with Crippen LogP contribution >= 0.6 is 0 Å². The third kappa shape index (κ3) is 1.54. The van der Waals surface area contributed by atoms with E-state index in [2.05, 4.69) is 9.97 Å². The normalized spacial score (nSPS) is 13.1. The molecular formula is C10H15N5O2. The van der Waals surface area contributed by atoms with Crippen LogP contribution in [0.4, 0.5) is 5.95 Å². The molecule has 2 aromatic heterocycles. The molecule has 1 atom stereocenters. The summed E-state index contributed by atoms with van der Waals surface area (Å²) in [6.45, 7) is 3.86. The Balaban J connectivity index is 3.00. The lowest BCUT2D eigenvalue weighted by Gasteiger charge is -2.14. The molecule has 7 nitrogen and oxygen atoms in total. The minimum absolute atomic E-state index is 0.0421. The van der Waals surface area contributed by atoms with Gasteiger partial charge in [0.1, 0.15) is 0 Å². The zero-order valence-corrected chi connectivity index (χ0v) is 10.0. The molecule has 0 radical (unpaired) electrons. The number of hydrogen-bond acceptors (Lipinski definition) is 4. The molecule has 0 bridgehead atoms. The highest BCUT2D eigenvalue weighted by molar-refractivity contribution is 5.72. The van der Waals surface area contributed by atoms with Crippen LogP contribution in [-0.4, -0.2) is 19.1 Å². The maximum Gasteiger partial charge on any atom is 0.332 e. The Morgan fingerprint density at radius 1 is 1.47 bits per heavy atom. The van der Waals surface area contributed by atoms with Crippen molar-refractivity contribution in [3.8, 4) is 0 Å². The maximum absolute atomic E-state index is 12.0. The van der Waals surface area contributed by atoms with E-state index < -0.39 is 5.56 Å². The van der Waals surface area contributed by atoms with Gasteiger partial charge in [-0.1, -0.05) is 6.92 Å². The summed E-state index contributed by atoms with van der Waals surface area (Å²) in [6.07, 6.45) is 0.764. The molecule has 2 heterocycles. The second-order valence-electron chi connectivity index (χ2n) is 4.09. The molecule has 0 aliphatic rings. The standard InChI is InChI=1S/C10H15N5O2/c1-4-5(2)15-7-6(12-9(11)13-7)8(16)14(3)10(15)17/h5H,4H2,1-3H3,(H3,11,12,13). The van der Waals surface area contributed by atoms with Gasteiger partial charge in [0.15, 0.2) is 17.1 Å². The fourth-order valence-electron chi connectivity index (χ4n) is 1.79. The van der Waals surface area contributed by atoms with E-state index in [4.69, 9.17) is 5.73 Å². The highest BCUT2D eigenvalue weighted by atomic mass is 16.2. The van der Waals surface area contributed by atoms with Crippen LogP contribution in [0.15, 0.2) is 9.59 Å². The monoisotopic (exact) mass is 237 g/mol. The Morgan fingerprint density at radius 2 is 2.12 bits per heavy atom. The Bertz CT molecular complexity index is 678. The molecule has 0 spiro atoms. The minimum Gasteiger partial charge on any atom is -0.369 e. The topological polar surface area (TPSA) is 98.7 Å². The first kappa shape index (κ1) is 11.4. The van der Waals surface area contributed by atoms with Crippen molar-refractivity contribution >= 4 is 17.1 Å². The molecule has 0 fully saturated rings. The number of H-pyrrole nitrogens is 1. The number of nitrogens with one attached hydrogen (secondary N) is 1. The van der Waals surface area contributed by atoms with E-state index in [0.717, 1.165) is 11.0 Å². The third-order valence-corrected chi connectivity index (χ3v) is 2.97. The number of rotatable bonds is 2. The van der Waals surface area contributed by atoms with Crippen LogP contribution < -0.4 is 17.0 Å². The predicted molar refractivity (Wildman–Crippen MR) is 65.0 cm³/mol. The Kier molecular flexibility index (Phi) is 2.53. The van der Waals surface area contributed by atoms with Crippen molar-refractivity contribution in [1.29, 1.82) is 0 Å². The summed E-state index contributed by atoms with van der Waals surface area (Å²) >= 11 is 0. The second-order valence-corrected chi connectivity index (χ2v) is 4.09. The van der Waals surface area contributed by atoms with Gasteiger partial charge >= 0.3 is 5.69 Å². The van der Waals surface area contributed by atoms with Gasteiger partial charge in [-0.05, 0) is 13.3 Å². The van der Waals surface area contributed by atoms with Crippen molar-refractivity contribution in [1.82, 2.24) is 19.1 Å². The molecule has 0 saturated heterocycles. The van der Waals surface area contributed by atoms with Crippen LogP contribution in [0.3, 0.4) is 0 Å². The largest absolute Gasteiger partial charge is 0.369 e. The van der Waals surface area contributed by atoms with Gasteiger partial charge in [-0.25, -0.2) is 4.79 Å². The Labute approximate surface area is 96.9 Å². The van der Waals surface area contributed by atoms with Crippen molar-refractivity contribution in [3.63, 3.8) is 0 Å². The molecule has 0 aromatic carbocycles. The number of hydrogen-bond donors (Lipinski definition) is 2. The van der Waals surface area contributed by atoms with E-state index in [0.29, 0.717) is 5.65 Å². The molecule has 7 heteroatoms. The molecule has 0 aliphatic heterocycles. The SMILES string of the molecule is CCC(C)n1c(=O)n(C)c(=O)c2[nH]c(N)nc21. The fourth-order valence-corrected chi connectivity index (χ4v) is 1.79. The molecule has 92 valence electrons. The first-order chi connectivity index (χ1) is 7.97. The highest BCUT2D eigenvalue weighted by Gasteiger charge is 2.17. The van der Waals surface area contributed by atoms with Crippen LogP contribution in [-0.2, 0) is 7.05 Å². The molecule has 3 N–H and O–H groups in total. The predicted octanol–water partition coefficient (Wildman–Crippen LogP) is -0.0235. The number of aromatic amines is 1. The zero-order valence-electron chi connectivity index (χ0n) is 10.0. The van der Waals surface area contributed by atoms with Crippen LogP contribution in [0.5, 0.6) is 0 Å². The molecule has 0 saturated carbocycles. The van der Waals surface area contributed by atoms with Gasteiger partial charge in [-0.3, -0.25) is 13.9 Å². The molecule has 2 rings (SSSR count). The fraction of sp³-hybridized carbons (Fsp3) is 0.500. The van der Waals surface area contributed by atoms with E-state index in [1.165, 1.54) is 11.6 Å². The van der Waals surface area contributed by atoms with Gasteiger partial charge in [-0.15, -0.1) is 0 Å². The van der Waals surface area contributed by atoms with Crippen molar-refractivity contribution in [2.75, 3.05) is 5.73 Å². The summed E-state index contributed by atoms with van der Waals surface area (Å²) < 4.78 is 2.55. The van der Waals surface area contributed by atoms with Gasteiger partial charge in [0.05, 0.1) is 0 Å². The van der Waals surface area contributed by atoms with E-state index in [1.54, 1.807) is 0 Å². The van der Waals surface area contributed by atoms with Crippen molar-refractivity contribution in [2.45, 2.75) is 26.3 Å². The van der Waals surface area contributed by atoms with Gasteiger partial charge in [0, 0.05) is 13.1 Å². The quantitative estimate of drug-likeness (QED) is 0.766. The number of nitrogen functional groups attached to an aromatic ring is 1. The number of imidazole rings is 1. The number of nitrogens with two attached hydrogens (primary N) is 1. The Hall–Kier alpha value is -2.05. The molecule has 0 aliphatic carbocycles. The average molecular weight is 237 g/mol. The van der Waals surface area contributed by atoms with Crippen LogP contribution in [0.2, 0.25) is 0 Å². The van der Waals surface area contributed by atoms with Crippen molar-refractivity contribution < 1.29 is 0 Å². The molecule has 2 aromatic rings. The summed E-state index contributed by atoms with van der Waals surface area (Å²) in [7, 11) is 1.44. The smallest absolute Gasteiger partial charge is 0.332 e. The number of aromatic nitrogens is 4. The second kappa shape index (κ2) is 3.76. The minimum atomic E-state index is -0.409. The molecule has 17 heavy (non-hydrogen) atoms. The van der Waals surface area contributed by atoms with Crippen LogP contribution in [0.1, 0.15) is 26.3 Å². The summed E-state index contributed by atoms with van der Waals surface area (Å²) in [5.41, 5.74) is 5.35. The lowest BCUT2D eigenvalue weighted by molar-refractivity contribution is 0.500. The van der Waals surface area contributed by atoms with Crippen molar-refractivity contribution in [3.05, 3.63) is 20.8 Å². The maximum atomic E-state index is 12.0. The van der Waals surface area contributed by atoms with E-state index in [-0.39, 0.29) is 23.2 Å². The van der Waals surface area contributed by atoms with Gasteiger partial charge in [0.2, 0.25) is 0 Å². The highest BCUT2D eigenvalue weighted by Crippen LogP contribution is 2.13. The first-order valence-corrected chi connectivity index (χ1v) is 5.44. The van der Waals surface area contributed by atoms with E-state index in [9.17, 15) is 9.59 Å². The summed E-state index contributed by atoms with van der Waals surface area (Å²) in [6, 6.07) is -0.0421. The number of nitrogens with zero attached hydrogens (tertiary/aromatic N) is 3. The molecule has 1 unspecified atom stereocenters. The Morgan fingerprint density at radius 3 is 2.71 bits per heavy atom. The first-order valence-electron chi connectivity index (χ1n) is 5.44. The van der Waals surface area contributed by atoms with Gasteiger partial charge < -0.3 is 10.7 Å². The summed E-state index contributed by atoms with van der Waals surface area (Å²) in [5.74, 6) is 0.139. The van der Waals surface area contributed by atoms with Crippen LogP contribution in [0.25, 0.3) is 11.2 Å². The van der Waals surface area contributed by atoms with Crippen LogP contribution in [0, 0.1) is 0 Å². The van der Waals surface area contributed by atoms with E-state index in [1.807, 2.05) is 13.8 Å². The van der Waals surface area contributed by atoms with E-state index >= 15 is 0 Å². The number of anilines is 1. The van der Waals surface area contributed by atoms with Gasteiger partial charge in [-0.2, -0.15) is 4.98 Å². The zero-order chi connectivity index (χ0) is 12.7. The average Bonchev–Trinajstić information content (AvgIpc) is 2.68. The lowest BCUT2D eigenvalue weighted by Crippen LogP contribution is -2.39. The van der Waals surface area contributed by atoms with Gasteiger partial charge in [0.25, 0.3) is 5.56 Å². The number of fused-ring (bicyclic) bond motifs is 1. The summed E-state index contributed by atoms with van der Waals surface area (Å²) in [4.78, 5) is 30.6. The lowest BCUT2D eigenvalue weighted by atomic mass is 10.2. The molecular weight excluding hydrogens is 222 g/mol. The molecule has 0 amide bonds.